The zero-order chi connectivity index (χ0) is 13.0. The molecule has 0 saturated carbocycles. The van der Waals surface area contributed by atoms with Gasteiger partial charge in [-0.15, -0.1) is 0 Å². The van der Waals surface area contributed by atoms with Gasteiger partial charge in [-0.05, 0) is 31.4 Å². The van der Waals surface area contributed by atoms with Crippen LogP contribution in [0.15, 0.2) is 36.5 Å². The van der Waals surface area contributed by atoms with E-state index in [1.807, 2.05) is 6.07 Å². The summed E-state index contributed by atoms with van der Waals surface area (Å²) in [5, 5.41) is 9.51. The summed E-state index contributed by atoms with van der Waals surface area (Å²) in [5.74, 6) is 0.178. The van der Waals surface area contributed by atoms with Crippen LogP contribution in [0.4, 0.5) is 0 Å². The Morgan fingerprint density at radius 2 is 2.06 bits per heavy atom. The third kappa shape index (κ3) is 3.08. The zero-order valence-corrected chi connectivity index (χ0v) is 10.6. The molecule has 0 saturated heterocycles. The Kier molecular flexibility index (Phi) is 3.95. The lowest BCUT2D eigenvalue weighted by Gasteiger charge is -2.06. The van der Waals surface area contributed by atoms with Gasteiger partial charge in [0.25, 0.3) is 0 Å². The van der Waals surface area contributed by atoms with Crippen molar-refractivity contribution in [3.05, 3.63) is 58.9 Å². The van der Waals surface area contributed by atoms with Gasteiger partial charge in [-0.2, -0.15) is 0 Å². The van der Waals surface area contributed by atoms with Gasteiger partial charge in [-0.1, -0.05) is 29.8 Å². The van der Waals surface area contributed by atoms with E-state index in [1.165, 1.54) is 17.3 Å². The molecule has 0 fully saturated rings. The SMILES string of the molecule is Cc1cccc(CCc2cc(CN)c(O)cn2)c1. The topological polar surface area (TPSA) is 59.1 Å². The molecule has 1 aromatic carbocycles. The number of hydrogen-bond acceptors (Lipinski definition) is 3. The minimum Gasteiger partial charge on any atom is -0.506 e. The molecule has 3 N–H and O–H groups in total. The van der Waals surface area contributed by atoms with Crippen LogP contribution < -0.4 is 5.73 Å². The Bertz CT molecular complexity index is 538. The lowest BCUT2D eigenvalue weighted by atomic mass is 10.0. The molecular formula is C15H18N2O. The first-order valence-corrected chi connectivity index (χ1v) is 6.11. The van der Waals surface area contributed by atoms with E-state index in [9.17, 15) is 5.11 Å². The maximum atomic E-state index is 9.51. The Morgan fingerprint density at radius 1 is 1.22 bits per heavy atom. The van der Waals surface area contributed by atoms with Gasteiger partial charge in [0, 0.05) is 17.8 Å². The molecule has 2 aromatic rings. The van der Waals surface area contributed by atoms with Crippen molar-refractivity contribution < 1.29 is 5.11 Å². The highest BCUT2D eigenvalue weighted by Crippen LogP contribution is 2.16. The Morgan fingerprint density at radius 3 is 2.78 bits per heavy atom. The van der Waals surface area contributed by atoms with Crippen molar-refractivity contribution in [2.75, 3.05) is 0 Å². The van der Waals surface area contributed by atoms with E-state index in [0.717, 1.165) is 24.1 Å². The Labute approximate surface area is 107 Å². The van der Waals surface area contributed by atoms with Crippen LogP contribution in [0.5, 0.6) is 5.75 Å². The summed E-state index contributed by atoms with van der Waals surface area (Å²) in [6, 6.07) is 10.3. The molecule has 0 amide bonds. The second kappa shape index (κ2) is 5.65. The van der Waals surface area contributed by atoms with Crippen LogP contribution in [0.2, 0.25) is 0 Å². The molecule has 0 aliphatic carbocycles. The molecule has 18 heavy (non-hydrogen) atoms. The fourth-order valence-corrected chi connectivity index (χ4v) is 1.98. The summed E-state index contributed by atoms with van der Waals surface area (Å²) < 4.78 is 0. The molecule has 3 nitrogen and oxygen atoms in total. The molecular weight excluding hydrogens is 224 g/mol. The van der Waals surface area contributed by atoms with E-state index in [2.05, 4.69) is 36.2 Å². The number of pyridine rings is 1. The molecule has 0 unspecified atom stereocenters. The first kappa shape index (κ1) is 12.6. The highest BCUT2D eigenvalue weighted by molar-refractivity contribution is 5.31. The number of nitrogens with zero attached hydrogens (tertiary/aromatic N) is 1. The number of benzene rings is 1. The van der Waals surface area contributed by atoms with Gasteiger partial charge in [-0.25, -0.2) is 0 Å². The largest absolute Gasteiger partial charge is 0.506 e. The fraction of sp³-hybridized carbons (Fsp3) is 0.267. The monoisotopic (exact) mass is 242 g/mol. The zero-order valence-electron chi connectivity index (χ0n) is 10.6. The average Bonchev–Trinajstić information content (AvgIpc) is 2.38. The minimum atomic E-state index is 0.178. The fourth-order valence-electron chi connectivity index (χ4n) is 1.98. The van der Waals surface area contributed by atoms with E-state index in [1.54, 1.807) is 0 Å². The molecule has 0 atom stereocenters. The summed E-state index contributed by atoms with van der Waals surface area (Å²) in [4.78, 5) is 4.22. The van der Waals surface area contributed by atoms with Gasteiger partial charge < -0.3 is 10.8 Å². The second-order valence-electron chi connectivity index (χ2n) is 4.50. The average molecular weight is 242 g/mol. The quantitative estimate of drug-likeness (QED) is 0.865. The molecule has 0 bridgehead atoms. The van der Waals surface area contributed by atoms with Crippen LogP contribution in [0.25, 0.3) is 0 Å². The molecule has 94 valence electrons. The number of nitrogens with two attached hydrogens (primary N) is 1. The minimum absolute atomic E-state index is 0.178. The van der Waals surface area contributed by atoms with E-state index in [-0.39, 0.29) is 5.75 Å². The van der Waals surface area contributed by atoms with Crippen LogP contribution in [0.1, 0.15) is 22.4 Å². The van der Waals surface area contributed by atoms with Crippen molar-refractivity contribution in [1.29, 1.82) is 0 Å². The normalized spacial score (nSPS) is 10.6. The summed E-state index contributed by atoms with van der Waals surface area (Å²) in [5.41, 5.74) is 9.86. The number of hydrogen-bond donors (Lipinski definition) is 2. The summed E-state index contributed by atoms with van der Waals surface area (Å²) in [6.07, 6.45) is 3.29. The predicted octanol–water partition coefficient (Wildman–Crippen LogP) is 2.34. The molecule has 1 heterocycles. The Hall–Kier alpha value is -1.87. The van der Waals surface area contributed by atoms with Crippen LogP contribution in [-0.4, -0.2) is 10.1 Å². The van der Waals surface area contributed by atoms with Crippen molar-refractivity contribution in [2.24, 2.45) is 5.73 Å². The van der Waals surface area contributed by atoms with Gasteiger partial charge in [-0.3, -0.25) is 4.98 Å². The second-order valence-corrected chi connectivity index (χ2v) is 4.50. The van der Waals surface area contributed by atoms with Crippen molar-refractivity contribution in [1.82, 2.24) is 4.98 Å². The summed E-state index contributed by atoms with van der Waals surface area (Å²) in [7, 11) is 0. The van der Waals surface area contributed by atoms with E-state index >= 15 is 0 Å². The first-order chi connectivity index (χ1) is 8.69. The van der Waals surface area contributed by atoms with Crippen molar-refractivity contribution >= 4 is 0 Å². The maximum absolute atomic E-state index is 9.51. The Balaban J connectivity index is 2.06. The van der Waals surface area contributed by atoms with Gasteiger partial charge in [0.2, 0.25) is 0 Å². The molecule has 1 aromatic heterocycles. The lowest BCUT2D eigenvalue weighted by molar-refractivity contribution is 0.465. The number of aromatic hydroxyl groups is 1. The smallest absolute Gasteiger partial charge is 0.138 e. The van der Waals surface area contributed by atoms with Gasteiger partial charge >= 0.3 is 0 Å². The number of rotatable bonds is 4. The molecule has 0 spiro atoms. The number of aryl methyl sites for hydroxylation is 3. The van der Waals surface area contributed by atoms with E-state index < -0.39 is 0 Å². The van der Waals surface area contributed by atoms with E-state index in [0.29, 0.717) is 6.54 Å². The van der Waals surface area contributed by atoms with Crippen molar-refractivity contribution in [2.45, 2.75) is 26.3 Å². The maximum Gasteiger partial charge on any atom is 0.138 e. The van der Waals surface area contributed by atoms with Gasteiger partial charge in [0.15, 0.2) is 0 Å². The first-order valence-electron chi connectivity index (χ1n) is 6.11. The predicted molar refractivity (Wildman–Crippen MR) is 72.4 cm³/mol. The van der Waals surface area contributed by atoms with Crippen LogP contribution in [-0.2, 0) is 19.4 Å². The highest BCUT2D eigenvalue weighted by Gasteiger charge is 2.03. The third-order valence-corrected chi connectivity index (χ3v) is 2.99. The highest BCUT2D eigenvalue weighted by atomic mass is 16.3. The van der Waals surface area contributed by atoms with Crippen molar-refractivity contribution in [3.8, 4) is 5.75 Å². The van der Waals surface area contributed by atoms with Crippen LogP contribution >= 0.6 is 0 Å². The van der Waals surface area contributed by atoms with E-state index in [4.69, 9.17) is 5.73 Å². The summed E-state index contributed by atoms with van der Waals surface area (Å²) >= 11 is 0. The van der Waals surface area contributed by atoms with Crippen LogP contribution in [0, 0.1) is 6.92 Å². The summed E-state index contributed by atoms with van der Waals surface area (Å²) in [6.45, 7) is 2.43. The standard InChI is InChI=1S/C15H18N2O/c1-11-3-2-4-12(7-11)5-6-14-8-13(9-16)15(18)10-17-14/h2-4,7-8,10,18H,5-6,9,16H2,1H3. The van der Waals surface area contributed by atoms with Gasteiger partial charge in [0.1, 0.15) is 5.75 Å². The molecule has 0 radical (unpaired) electrons. The molecule has 0 aliphatic heterocycles. The molecule has 2 rings (SSSR count). The molecule has 0 aliphatic rings. The third-order valence-electron chi connectivity index (χ3n) is 2.99. The van der Waals surface area contributed by atoms with Crippen LogP contribution in [0.3, 0.4) is 0 Å². The lowest BCUT2D eigenvalue weighted by Crippen LogP contribution is -2.01. The number of aromatic nitrogens is 1. The van der Waals surface area contributed by atoms with Crippen molar-refractivity contribution in [3.63, 3.8) is 0 Å². The van der Waals surface area contributed by atoms with Gasteiger partial charge in [0.05, 0.1) is 6.20 Å². The molecule has 3 heteroatoms.